The van der Waals surface area contributed by atoms with E-state index in [0.29, 0.717) is 5.92 Å². The maximum atomic E-state index is 11.9. The molecule has 0 aliphatic heterocycles. The van der Waals surface area contributed by atoms with E-state index in [1.165, 1.54) is 10.1 Å². The van der Waals surface area contributed by atoms with Crippen LogP contribution in [0, 0.1) is 5.92 Å². The van der Waals surface area contributed by atoms with Crippen LogP contribution < -0.4 is 5.69 Å². The Morgan fingerprint density at radius 2 is 2.18 bits per heavy atom. The lowest BCUT2D eigenvalue weighted by atomic mass is 9.89. The maximum absolute atomic E-state index is 11.9. The van der Waals surface area contributed by atoms with Gasteiger partial charge in [0.2, 0.25) is 0 Å². The topological polar surface area (TPSA) is 61.2 Å². The molecule has 0 saturated heterocycles. The van der Waals surface area contributed by atoms with E-state index in [2.05, 4.69) is 18.0 Å². The first-order chi connectivity index (χ1) is 10.2. The molecule has 0 radical (unpaired) electrons. The second-order valence-electron chi connectivity index (χ2n) is 6.95. The first-order valence-electron chi connectivity index (χ1n) is 7.72. The van der Waals surface area contributed by atoms with Crippen molar-refractivity contribution in [1.29, 1.82) is 0 Å². The number of carbonyl (C=O) groups is 1. The summed E-state index contributed by atoms with van der Waals surface area (Å²) in [4.78, 5) is 27.6. The monoisotopic (exact) mass is 304 g/mol. The van der Waals surface area contributed by atoms with Gasteiger partial charge in [-0.1, -0.05) is 13.0 Å². The standard InChI is InChI=1S/C17H24N2O3/c1-12-5-7-13(8-6-12)14-9-18-16(21)19(10-14)11-15(20)22-17(2,3)4/h7,9-10,12H,5-6,8,11H2,1-4H3. The molecule has 0 saturated carbocycles. The first kappa shape index (κ1) is 16.5. The molecule has 1 aromatic rings. The molecular formula is C17H24N2O3. The number of rotatable bonds is 3. The Morgan fingerprint density at radius 1 is 1.45 bits per heavy atom. The van der Waals surface area contributed by atoms with Crippen molar-refractivity contribution < 1.29 is 9.53 Å². The molecule has 22 heavy (non-hydrogen) atoms. The first-order valence-corrected chi connectivity index (χ1v) is 7.72. The van der Waals surface area contributed by atoms with Crippen LogP contribution in [0.4, 0.5) is 0 Å². The number of aromatic nitrogens is 2. The van der Waals surface area contributed by atoms with Crippen LogP contribution in [0.3, 0.4) is 0 Å². The van der Waals surface area contributed by atoms with Gasteiger partial charge in [-0.25, -0.2) is 9.78 Å². The molecule has 1 aliphatic carbocycles. The predicted molar refractivity (Wildman–Crippen MR) is 85.3 cm³/mol. The second kappa shape index (κ2) is 6.46. The fraction of sp³-hybridized carbons (Fsp3) is 0.588. The van der Waals surface area contributed by atoms with Gasteiger partial charge in [0, 0.05) is 18.0 Å². The Balaban J connectivity index is 2.17. The highest BCUT2D eigenvalue weighted by Crippen LogP contribution is 2.29. The van der Waals surface area contributed by atoms with E-state index in [1.807, 2.05) is 0 Å². The highest BCUT2D eigenvalue weighted by Gasteiger charge is 2.18. The number of carbonyl (C=O) groups excluding carboxylic acids is 1. The van der Waals surface area contributed by atoms with Crippen molar-refractivity contribution >= 4 is 11.5 Å². The van der Waals surface area contributed by atoms with Gasteiger partial charge < -0.3 is 4.74 Å². The van der Waals surface area contributed by atoms with Crippen LogP contribution in [0.15, 0.2) is 23.3 Å². The normalized spacial score (nSPS) is 18.7. The van der Waals surface area contributed by atoms with Gasteiger partial charge in [0.05, 0.1) is 0 Å². The fourth-order valence-corrected chi connectivity index (χ4v) is 2.47. The molecule has 1 aromatic heterocycles. The molecule has 5 nitrogen and oxygen atoms in total. The zero-order valence-corrected chi connectivity index (χ0v) is 13.8. The quantitative estimate of drug-likeness (QED) is 0.806. The van der Waals surface area contributed by atoms with E-state index in [1.54, 1.807) is 33.2 Å². The van der Waals surface area contributed by atoms with Crippen molar-refractivity contribution in [2.75, 3.05) is 0 Å². The zero-order chi connectivity index (χ0) is 16.3. The van der Waals surface area contributed by atoms with Gasteiger partial charge in [0.25, 0.3) is 0 Å². The van der Waals surface area contributed by atoms with E-state index >= 15 is 0 Å². The lowest BCUT2D eigenvalue weighted by Gasteiger charge is -2.20. The molecule has 0 bridgehead atoms. The minimum absolute atomic E-state index is 0.110. The Kier molecular flexibility index (Phi) is 4.84. The Hall–Kier alpha value is -1.91. The van der Waals surface area contributed by atoms with Crippen LogP contribution >= 0.6 is 0 Å². The van der Waals surface area contributed by atoms with Gasteiger partial charge in [0.15, 0.2) is 0 Å². The molecule has 1 unspecified atom stereocenters. The number of esters is 1. The fourth-order valence-electron chi connectivity index (χ4n) is 2.47. The van der Waals surface area contributed by atoms with Crippen molar-refractivity contribution in [3.63, 3.8) is 0 Å². The molecule has 1 heterocycles. The third-order valence-corrected chi connectivity index (χ3v) is 3.62. The summed E-state index contributed by atoms with van der Waals surface area (Å²) >= 11 is 0. The molecule has 0 fully saturated rings. The van der Waals surface area contributed by atoms with Gasteiger partial charge in [-0.15, -0.1) is 0 Å². The molecular weight excluding hydrogens is 280 g/mol. The van der Waals surface area contributed by atoms with Gasteiger partial charge in [-0.3, -0.25) is 9.36 Å². The Bertz CT molecular complexity index is 638. The van der Waals surface area contributed by atoms with Gasteiger partial charge in [-0.05, 0) is 51.5 Å². The van der Waals surface area contributed by atoms with E-state index in [4.69, 9.17) is 4.74 Å². The SMILES string of the molecule is CC1CC=C(c2cnc(=O)n(CC(=O)OC(C)(C)C)c2)CC1. The number of hydrogen-bond acceptors (Lipinski definition) is 4. The highest BCUT2D eigenvalue weighted by molar-refractivity contribution is 5.70. The van der Waals surface area contributed by atoms with Crippen molar-refractivity contribution in [3.05, 3.63) is 34.5 Å². The number of ether oxygens (including phenoxy) is 1. The van der Waals surface area contributed by atoms with Gasteiger partial charge in [0.1, 0.15) is 12.1 Å². The highest BCUT2D eigenvalue weighted by atomic mass is 16.6. The van der Waals surface area contributed by atoms with Crippen LogP contribution in [-0.2, 0) is 16.1 Å². The predicted octanol–water partition coefficient (Wildman–Crippen LogP) is 2.79. The van der Waals surface area contributed by atoms with Crippen molar-refractivity contribution in [1.82, 2.24) is 9.55 Å². The van der Waals surface area contributed by atoms with Crippen LogP contribution in [0.25, 0.3) is 5.57 Å². The van der Waals surface area contributed by atoms with Crippen molar-refractivity contribution in [2.45, 2.75) is 59.1 Å². The average Bonchev–Trinajstić information content (AvgIpc) is 2.40. The summed E-state index contributed by atoms with van der Waals surface area (Å²) < 4.78 is 6.58. The lowest BCUT2D eigenvalue weighted by Crippen LogP contribution is -2.31. The molecule has 1 atom stereocenters. The molecule has 0 amide bonds. The Morgan fingerprint density at radius 3 is 2.77 bits per heavy atom. The molecule has 0 N–H and O–H groups in total. The number of hydrogen-bond donors (Lipinski definition) is 0. The van der Waals surface area contributed by atoms with Crippen molar-refractivity contribution in [3.8, 4) is 0 Å². The number of allylic oxidation sites excluding steroid dienone is 2. The van der Waals surface area contributed by atoms with Gasteiger partial charge in [-0.2, -0.15) is 0 Å². The van der Waals surface area contributed by atoms with E-state index in [-0.39, 0.29) is 6.54 Å². The van der Waals surface area contributed by atoms with E-state index < -0.39 is 17.3 Å². The van der Waals surface area contributed by atoms with E-state index in [0.717, 1.165) is 24.8 Å². The summed E-state index contributed by atoms with van der Waals surface area (Å²) in [6.45, 7) is 7.53. The second-order valence-corrected chi connectivity index (χ2v) is 6.95. The summed E-state index contributed by atoms with van der Waals surface area (Å²) in [5.74, 6) is 0.268. The summed E-state index contributed by atoms with van der Waals surface area (Å²) in [6, 6.07) is 0. The zero-order valence-electron chi connectivity index (χ0n) is 13.8. The summed E-state index contributed by atoms with van der Waals surface area (Å²) in [5, 5.41) is 0. The van der Waals surface area contributed by atoms with E-state index in [9.17, 15) is 9.59 Å². The number of nitrogens with zero attached hydrogens (tertiary/aromatic N) is 2. The maximum Gasteiger partial charge on any atom is 0.348 e. The lowest BCUT2D eigenvalue weighted by molar-refractivity contribution is -0.155. The summed E-state index contributed by atoms with van der Waals surface area (Å²) in [7, 11) is 0. The largest absolute Gasteiger partial charge is 0.459 e. The van der Waals surface area contributed by atoms with Crippen LogP contribution in [0.1, 0.15) is 52.5 Å². The van der Waals surface area contributed by atoms with Crippen molar-refractivity contribution in [2.24, 2.45) is 5.92 Å². The van der Waals surface area contributed by atoms with Gasteiger partial charge >= 0.3 is 11.7 Å². The molecule has 0 aromatic carbocycles. The molecule has 5 heteroatoms. The average molecular weight is 304 g/mol. The summed E-state index contributed by atoms with van der Waals surface area (Å²) in [6.07, 6.45) is 8.66. The molecule has 1 aliphatic rings. The minimum Gasteiger partial charge on any atom is -0.459 e. The third-order valence-electron chi connectivity index (χ3n) is 3.62. The smallest absolute Gasteiger partial charge is 0.348 e. The molecule has 0 spiro atoms. The molecule has 120 valence electrons. The van der Waals surface area contributed by atoms with Crippen LogP contribution in [-0.4, -0.2) is 21.1 Å². The molecule has 2 rings (SSSR count). The minimum atomic E-state index is -0.562. The third kappa shape index (κ3) is 4.55. The summed E-state index contributed by atoms with van der Waals surface area (Å²) in [5.41, 5.74) is 1.12. The Labute approximate surface area is 131 Å². The van der Waals surface area contributed by atoms with Crippen LogP contribution in [0.2, 0.25) is 0 Å². The van der Waals surface area contributed by atoms with Crippen LogP contribution in [0.5, 0.6) is 0 Å².